The molecule has 3 aliphatic rings. The normalized spacial score (nSPS) is 43.9. The van der Waals surface area contributed by atoms with Crippen LogP contribution in [-0.4, -0.2) is 210 Å². The maximum absolute atomic E-state index is 12.5. The molecule has 0 aromatic heterocycles. The van der Waals surface area contributed by atoms with Crippen LogP contribution in [-0.2, 0) is 33.2 Å². The Bertz CT molecular complexity index is 969. The molecule has 1 amide bonds. The van der Waals surface area contributed by atoms with Crippen LogP contribution >= 0.6 is 0 Å². The van der Waals surface area contributed by atoms with E-state index in [-0.39, 0.29) is 0 Å². The van der Waals surface area contributed by atoms with Crippen LogP contribution in [0, 0.1) is 0 Å². The second-order valence-corrected chi connectivity index (χ2v) is 11.7. The van der Waals surface area contributed by atoms with E-state index in [2.05, 4.69) is 5.32 Å². The number of carbonyl (C=O) groups excluding carboxylic acids is 1. The Morgan fingerprint density at radius 2 is 1.28 bits per heavy atom. The summed E-state index contributed by atoms with van der Waals surface area (Å²) in [5, 5.41) is 125. The van der Waals surface area contributed by atoms with Gasteiger partial charge in [-0.25, -0.2) is 0 Å². The first-order valence-corrected chi connectivity index (χ1v) is 14.9. The molecule has 0 aromatic carbocycles. The summed E-state index contributed by atoms with van der Waals surface area (Å²) in [4.78, 5) is 12.5. The van der Waals surface area contributed by atoms with Crippen LogP contribution in [0.4, 0.5) is 0 Å². The minimum atomic E-state index is -1.96. The first kappa shape index (κ1) is 40.1. The molecule has 0 spiro atoms. The summed E-state index contributed by atoms with van der Waals surface area (Å²) in [6.45, 7) is -1.11. The second-order valence-electron chi connectivity index (χ2n) is 11.7. The molecule has 3 aliphatic heterocycles. The van der Waals surface area contributed by atoms with Gasteiger partial charge >= 0.3 is 0 Å². The van der Waals surface area contributed by atoms with Crippen molar-refractivity contribution >= 4 is 5.91 Å². The molecule has 0 aromatic rings. The summed E-state index contributed by atoms with van der Waals surface area (Å²) in [5.41, 5.74) is 5.91. The van der Waals surface area contributed by atoms with Gasteiger partial charge in [0.15, 0.2) is 18.9 Å². The van der Waals surface area contributed by atoms with Crippen molar-refractivity contribution in [2.24, 2.45) is 5.73 Å². The Balaban J connectivity index is 2.08. The number of nitrogens with one attached hydrogen (secondary N) is 1. The van der Waals surface area contributed by atoms with Gasteiger partial charge in [0.2, 0.25) is 5.91 Å². The average Bonchev–Trinajstić information content (AvgIpc) is 3.05. The zero-order valence-corrected chi connectivity index (χ0v) is 25.6. The lowest BCUT2D eigenvalue weighted by Crippen LogP contribution is -2.70. The van der Waals surface area contributed by atoms with Crippen molar-refractivity contribution in [1.82, 2.24) is 5.32 Å². The predicted octanol–water partition coefficient (Wildman–Crippen LogP) is -8.98. The van der Waals surface area contributed by atoms with Crippen molar-refractivity contribution in [3.63, 3.8) is 0 Å². The fraction of sp³-hybridized carbons (Fsp3) is 0.962. The zero-order chi connectivity index (χ0) is 35.3. The first-order valence-electron chi connectivity index (χ1n) is 14.9. The third-order valence-corrected chi connectivity index (χ3v) is 8.28. The lowest BCUT2D eigenvalue weighted by Gasteiger charge is -2.50. The van der Waals surface area contributed by atoms with Crippen LogP contribution in [0.15, 0.2) is 0 Å². The Morgan fingerprint density at radius 3 is 1.81 bits per heavy atom. The molecule has 0 radical (unpaired) electrons. The van der Waals surface area contributed by atoms with Gasteiger partial charge in [0.25, 0.3) is 0 Å². The quantitative estimate of drug-likeness (QED) is 0.0803. The lowest BCUT2D eigenvalue weighted by molar-refractivity contribution is -0.377. The number of amides is 1. The van der Waals surface area contributed by atoms with Crippen LogP contribution in [0.5, 0.6) is 0 Å². The monoisotopic (exact) mass is 692 g/mol. The number of aliphatic hydroxyl groups is 12. The van der Waals surface area contributed by atoms with E-state index in [4.69, 9.17) is 34.2 Å². The number of hydrogen-bond acceptors (Lipinski definition) is 20. The molecule has 3 saturated heterocycles. The minimum absolute atomic E-state index is 0.761. The van der Waals surface area contributed by atoms with Gasteiger partial charge in [-0.05, 0) is 6.92 Å². The van der Waals surface area contributed by atoms with Crippen molar-refractivity contribution in [2.45, 2.75) is 130 Å². The molecule has 3 heterocycles. The molecule has 0 bridgehead atoms. The summed E-state index contributed by atoms with van der Waals surface area (Å²) in [6, 6.07) is -3.03. The molecule has 21 heteroatoms. The van der Waals surface area contributed by atoms with Crippen molar-refractivity contribution in [3.05, 3.63) is 0 Å². The maximum Gasteiger partial charge on any atom is 0.217 e. The summed E-state index contributed by atoms with van der Waals surface area (Å²) in [7, 11) is 0. The molecule has 47 heavy (non-hydrogen) atoms. The topological polar surface area (TPSA) is 353 Å². The van der Waals surface area contributed by atoms with Crippen LogP contribution in [0.2, 0.25) is 0 Å². The van der Waals surface area contributed by atoms with E-state index in [1.165, 1.54) is 6.92 Å². The van der Waals surface area contributed by atoms with Gasteiger partial charge in [-0.1, -0.05) is 0 Å². The summed E-state index contributed by atoms with van der Waals surface area (Å²) in [5.74, 6) is -0.761. The molecule has 276 valence electrons. The van der Waals surface area contributed by atoms with Crippen LogP contribution in [0.25, 0.3) is 0 Å². The number of aliphatic hydroxyl groups excluding tert-OH is 12. The van der Waals surface area contributed by atoms with E-state index in [9.17, 15) is 66.1 Å². The summed E-state index contributed by atoms with van der Waals surface area (Å²) >= 11 is 0. The highest BCUT2D eigenvalue weighted by Gasteiger charge is 2.55. The largest absolute Gasteiger partial charge is 0.395 e. The van der Waals surface area contributed by atoms with Crippen LogP contribution in [0.1, 0.15) is 13.8 Å². The molecular formula is C26H48N2O19. The van der Waals surface area contributed by atoms with Gasteiger partial charge in [0.1, 0.15) is 85.4 Å². The van der Waals surface area contributed by atoms with Crippen molar-refractivity contribution in [1.29, 1.82) is 0 Å². The fourth-order valence-corrected chi connectivity index (χ4v) is 5.52. The van der Waals surface area contributed by atoms with Gasteiger partial charge in [0.05, 0.1) is 38.6 Å². The van der Waals surface area contributed by atoms with E-state index in [1.54, 1.807) is 0 Å². The lowest BCUT2D eigenvalue weighted by atomic mass is 9.94. The Morgan fingerprint density at radius 1 is 0.745 bits per heavy atom. The van der Waals surface area contributed by atoms with Crippen molar-refractivity contribution in [2.75, 3.05) is 26.4 Å². The average molecular weight is 693 g/mol. The minimum Gasteiger partial charge on any atom is -0.395 e. The molecule has 15 N–H and O–H groups in total. The Kier molecular flexibility index (Phi) is 15.0. The fourth-order valence-electron chi connectivity index (χ4n) is 5.52. The van der Waals surface area contributed by atoms with E-state index < -0.39 is 149 Å². The Hall–Kier alpha value is -1.29. The van der Waals surface area contributed by atoms with Gasteiger partial charge in [0, 0.05) is 6.92 Å². The van der Waals surface area contributed by atoms with E-state index in [1.807, 2.05) is 0 Å². The number of hydrogen-bond donors (Lipinski definition) is 14. The van der Waals surface area contributed by atoms with Gasteiger partial charge in [-0.15, -0.1) is 0 Å². The second kappa shape index (κ2) is 17.6. The Labute approximate surface area is 268 Å². The van der Waals surface area contributed by atoms with Gasteiger partial charge < -0.3 is 101 Å². The van der Waals surface area contributed by atoms with Crippen LogP contribution < -0.4 is 11.1 Å². The zero-order valence-electron chi connectivity index (χ0n) is 25.6. The van der Waals surface area contributed by atoms with Crippen molar-refractivity contribution in [3.8, 4) is 0 Å². The van der Waals surface area contributed by atoms with Gasteiger partial charge in [-0.2, -0.15) is 0 Å². The highest BCUT2D eigenvalue weighted by Crippen LogP contribution is 2.34. The van der Waals surface area contributed by atoms with Crippen molar-refractivity contribution < 1.29 is 94.5 Å². The molecule has 0 unspecified atom stereocenters. The highest BCUT2D eigenvalue weighted by molar-refractivity contribution is 5.73. The van der Waals surface area contributed by atoms with E-state index in [0.29, 0.717) is 0 Å². The molecule has 19 atom stereocenters. The van der Waals surface area contributed by atoms with E-state index in [0.717, 1.165) is 6.92 Å². The number of rotatable bonds is 14. The first-order chi connectivity index (χ1) is 22.1. The maximum atomic E-state index is 12.5. The van der Waals surface area contributed by atoms with Gasteiger partial charge in [-0.3, -0.25) is 4.79 Å². The third kappa shape index (κ3) is 9.09. The van der Waals surface area contributed by atoms with E-state index >= 15 is 0 Å². The summed E-state index contributed by atoms with van der Waals surface area (Å²) in [6.07, 6.45) is -29.3. The molecular weight excluding hydrogens is 644 g/mol. The smallest absolute Gasteiger partial charge is 0.217 e. The number of carbonyl (C=O) groups is 1. The summed E-state index contributed by atoms with van der Waals surface area (Å²) < 4.78 is 34.6. The molecule has 3 rings (SSSR count). The number of ether oxygens (including phenoxy) is 6. The molecule has 21 nitrogen and oxygen atoms in total. The molecule has 0 saturated carbocycles. The number of nitrogens with two attached hydrogens (primary N) is 1. The third-order valence-electron chi connectivity index (χ3n) is 8.28. The molecule has 0 aliphatic carbocycles. The molecule has 3 fully saturated rings. The highest BCUT2D eigenvalue weighted by atomic mass is 16.8. The standard InChI is InChI=1S/C26H48N2O19/c1-7-14(35)17(38)19(40)25(42-7)47-23-13(28-8(2)33)24(45-21(9(27)3-29)15(36)10(34)4-30)44-12(6-32)22(23)46-26-20(41)18(39)16(37)11(5-31)43-26/h7,9-26,29-32,34-41H,3-6,27H2,1-2H3,(H,28,33)/t7-,9-,10+,11+,12+,13+,14+,15-,16-,17+,18-,19-,20+,21+,22+,23+,24-,25-,26-/m0/s1. The predicted molar refractivity (Wildman–Crippen MR) is 148 cm³/mol. The van der Waals surface area contributed by atoms with Crippen LogP contribution in [0.3, 0.4) is 0 Å². The SMILES string of the molecule is CC(=O)N[C@H]1[C@H](O[C@@H]([C@@H](O)[C@H](O)CO)[C@@H](N)CO)O[C@H](CO)[C@@H](O[C@@H]2O[C@H](CO)[C@H](O)[C@H](O)[C@H]2O)[C@@H]1O[C@@H]1O[C@@H](C)[C@@H](O)[C@@H](O)[C@@H]1O.